The van der Waals surface area contributed by atoms with Crippen LogP contribution >= 0.6 is 0 Å². The van der Waals surface area contributed by atoms with Crippen molar-refractivity contribution in [2.75, 3.05) is 20.2 Å². The van der Waals surface area contributed by atoms with E-state index in [4.69, 9.17) is 4.74 Å². The molecule has 8 heteroatoms. The van der Waals surface area contributed by atoms with Gasteiger partial charge >= 0.3 is 0 Å². The lowest BCUT2D eigenvalue weighted by Crippen LogP contribution is -2.30. The summed E-state index contributed by atoms with van der Waals surface area (Å²) >= 11 is 0. The number of carbonyl (C=O) groups is 2. The highest BCUT2D eigenvalue weighted by Crippen LogP contribution is 2.21. The van der Waals surface area contributed by atoms with E-state index in [1.807, 2.05) is 24.3 Å². The minimum atomic E-state index is -0.740. The molecule has 28 heavy (non-hydrogen) atoms. The van der Waals surface area contributed by atoms with Gasteiger partial charge in [0.1, 0.15) is 11.4 Å². The summed E-state index contributed by atoms with van der Waals surface area (Å²) < 4.78 is 7.24. The summed E-state index contributed by atoms with van der Waals surface area (Å²) in [6.45, 7) is 5.43. The number of rotatable bonds is 6. The Kier molecular flexibility index (Phi) is 5.99. The minimum absolute atomic E-state index is 0.164. The predicted molar refractivity (Wildman–Crippen MR) is 103 cm³/mol. The Bertz CT molecular complexity index is 862. The van der Waals surface area contributed by atoms with Crippen molar-refractivity contribution < 1.29 is 19.4 Å². The van der Waals surface area contributed by atoms with Crippen molar-refractivity contribution in [2.45, 2.75) is 33.0 Å². The van der Waals surface area contributed by atoms with E-state index in [0.29, 0.717) is 19.1 Å². The second kappa shape index (κ2) is 8.43. The van der Waals surface area contributed by atoms with E-state index in [-0.39, 0.29) is 36.3 Å². The van der Waals surface area contributed by atoms with Crippen LogP contribution in [0.2, 0.25) is 0 Å². The van der Waals surface area contributed by atoms with E-state index in [2.05, 4.69) is 24.3 Å². The van der Waals surface area contributed by atoms with Crippen LogP contribution in [-0.2, 0) is 13.1 Å². The molecule has 1 aliphatic rings. The monoisotopic (exact) mass is 386 g/mol. The molecule has 0 spiro atoms. The second-order valence-electron chi connectivity index (χ2n) is 7.43. The molecule has 1 aromatic heterocycles. The maximum absolute atomic E-state index is 12.8. The molecule has 0 radical (unpaired) electrons. The van der Waals surface area contributed by atoms with Crippen LogP contribution < -0.4 is 10.1 Å². The zero-order chi connectivity index (χ0) is 20.3. The number of aliphatic hydroxyl groups excluding tert-OH is 1. The van der Waals surface area contributed by atoms with Gasteiger partial charge in [0.25, 0.3) is 11.8 Å². The Morgan fingerprint density at radius 1 is 1.43 bits per heavy atom. The lowest BCUT2D eigenvalue weighted by atomic mass is 10.1. The summed E-state index contributed by atoms with van der Waals surface area (Å²) in [7, 11) is 1.68. The molecule has 1 aromatic carbocycles. The van der Waals surface area contributed by atoms with Gasteiger partial charge in [0.15, 0.2) is 5.69 Å². The Morgan fingerprint density at radius 3 is 2.93 bits per heavy atom. The van der Waals surface area contributed by atoms with E-state index in [9.17, 15) is 14.7 Å². The number of hydrogen-bond acceptors (Lipinski definition) is 5. The number of benzene rings is 1. The van der Waals surface area contributed by atoms with E-state index < -0.39 is 6.10 Å². The maximum Gasteiger partial charge on any atom is 0.274 e. The molecule has 0 saturated heterocycles. The smallest absolute Gasteiger partial charge is 0.274 e. The highest BCUT2D eigenvalue weighted by atomic mass is 16.5. The number of ether oxygens (including phenoxy) is 1. The van der Waals surface area contributed by atoms with Crippen LogP contribution in [0, 0.1) is 5.92 Å². The van der Waals surface area contributed by atoms with Crippen LogP contribution in [-0.4, -0.2) is 57.9 Å². The molecular weight excluding hydrogens is 360 g/mol. The molecule has 0 saturated carbocycles. The molecule has 1 aliphatic heterocycles. The largest absolute Gasteiger partial charge is 0.493 e. The van der Waals surface area contributed by atoms with Crippen LogP contribution in [0.25, 0.3) is 0 Å². The van der Waals surface area contributed by atoms with Gasteiger partial charge in [0.2, 0.25) is 0 Å². The fourth-order valence-electron chi connectivity index (χ4n) is 2.96. The Hall–Kier alpha value is -2.87. The third-order valence-corrected chi connectivity index (χ3v) is 4.41. The molecule has 3 rings (SSSR count). The van der Waals surface area contributed by atoms with Crippen molar-refractivity contribution >= 4 is 11.8 Å². The SMILES string of the molecule is CC(C)COc1ccccc1CN(C)C(=O)c1cc2n(n1)CC(O)CNC2=O. The second-order valence-corrected chi connectivity index (χ2v) is 7.43. The quantitative estimate of drug-likeness (QED) is 0.780. The molecule has 0 aliphatic carbocycles. The molecule has 2 N–H and O–H groups in total. The van der Waals surface area contributed by atoms with Gasteiger partial charge < -0.3 is 20.1 Å². The van der Waals surface area contributed by atoms with E-state index in [1.54, 1.807) is 7.05 Å². The average molecular weight is 386 g/mol. The van der Waals surface area contributed by atoms with Crippen LogP contribution in [0.4, 0.5) is 0 Å². The predicted octanol–water partition coefficient (Wildman–Crippen LogP) is 1.29. The third-order valence-electron chi connectivity index (χ3n) is 4.41. The fraction of sp³-hybridized carbons (Fsp3) is 0.450. The van der Waals surface area contributed by atoms with Crippen LogP contribution in [0.3, 0.4) is 0 Å². The van der Waals surface area contributed by atoms with Gasteiger partial charge in [-0.05, 0) is 12.0 Å². The first-order valence-electron chi connectivity index (χ1n) is 9.35. The number of hydrogen-bond donors (Lipinski definition) is 2. The third kappa shape index (κ3) is 4.51. The Balaban J connectivity index is 1.75. The van der Waals surface area contributed by atoms with Gasteiger partial charge in [-0.15, -0.1) is 0 Å². The zero-order valence-corrected chi connectivity index (χ0v) is 16.4. The number of amides is 2. The van der Waals surface area contributed by atoms with Crippen LogP contribution in [0.15, 0.2) is 30.3 Å². The standard InChI is InChI=1S/C20H26N4O4/c1-13(2)12-28-18-7-5-4-6-14(18)10-23(3)20(27)16-8-17-19(26)21-9-15(25)11-24(17)22-16/h4-8,13,15,25H,9-12H2,1-3H3,(H,21,26). The maximum atomic E-state index is 12.8. The first kappa shape index (κ1) is 19.9. The summed E-state index contributed by atoms with van der Waals surface area (Å²) in [6, 6.07) is 9.08. The van der Waals surface area contributed by atoms with E-state index in [0.717, 1.165) is 11.3 Å². The highest BCUT2D eigenvalue weighted by Gasteiger charge is 2.25. The normalized spacial score (nSPS) is 16.3. The summed E-state index contributed by atoms with van der Waals surface area (Å²) in [5, 5.41) is 16.7. The molecule has 1 unspecified atom stereocenters. The Labute approximate surface area is 164 Å². The Morgan fingerprint density at radius 2 is 2.18 bits per heavy atom. The summed E-state index contributed by atoms with van der Waals surface area (Å²) in [4.78, 5) is 26.5. The zero-order valence-electron chi connectivity index (χ0n) is 16.4. The molecule has 2 heterocycles. The van der Waals surface area contributed by atoms with Gasteiger partial charge in [-0.2, -0.15) is 5.10 Å². The fourth-order valence-corrected chi connectivity index (χ4v) is 2.96. The number of aromatic nitrogens is 2. The van der Waals surface area contributed by atoms with Gasteiger partial charge in [-0.3, -0.25) is 14.3 Å². The summed E-state index contributed by atoms with van der Waals surface area (Å²) in [5.74, 6) is 0.494. The van der Waals surface area contributed by atoms with Crippen LogP contribution in [0.1, 0.15) is 40.4 Å². The van der Waals surface area contributed by atoms with Crippen molar-refractivity contribution in [2.24, 2.45) is 5.92 Å². The molecule has 150 valence electrons. The topological polar surface area (TPSA) is 96.7 Å². The van der Waals surface area contributed by atoms with Crippen LogP contribution in [0.5, 0.6) is 5.75 Å². The number of carbonyl (C=O) groups excluding carboxylic acids is 2. The molecule has 8 nitrogen and oxygen atoms in total. The lowest BCUT2D eigenvalue weighted by Gasteiger charge is -2.19. The summed E-state index contributed by atoms with van der Waals surface area (Å²) in [5.41, 5.74) is 1.34. The lowest BCUT2D eigenvalue weighted by molar-refractivity contribution is 0.0775. The van der Waals surface area contributed by atoms with Crippen molar-refractivity contribution in [3.05, 3.63) is 47.3 Å². The molecule has 1 atom stereocenters. The molecule has 2 aromatic rings. The van der Waals surface area contributed by atoms with Gasteiger partial charge in [-0.25, -0.2) is 0 Å². The number of nitrogens with one attached hydrogen (secondary N) is 1. The minimum Gasteiger partial charge on any atom is -0.493 e. The molecule has 0 fully saturated rings. The van der Waals surface area contributed by atoms with Gasteiger partial charge in [-0.1, -0.05) is 32.0 Å². The number of para-hydroxylation sites is 1. The van der Waals surface area contributed by atoms with E-state index >= 15 is 0 Å². The average Bonchev–Trinajstić information content (AvgIpc) is 3.02. The van der Waals surface area contributed by atoms with E-state index in [1.165, 1.54) is 15.6 Å². The van der Waals surface area contributed by atoms with Crippen molar-refractivity contribution in [1.29, 1.82) is 0 Å². The van der Waals surface area contributed by atoms with Crippen molar-refractivity contribution in [3.8, 4) is 5.75 Å². The van der Waals surface area contributed by atoms with Crippen molar-refractivity contribution in [1.82, 2.24) is 20.0 Å². The van der Waals surface area contributed by atoms with Gasteiger partial charge in [0.05, 0.1) is 19.3 Å². The number of β-amino-alcohol motifs (C(OH)–C–C–N with tert-alkyl or cyclic N) is 1. The summed E-state index contributed by atoms with van der Waals surface area (Å²) in [6.07, 6.45) is -0.740. The first-order chi connectivity index (χ1) is 13.3. The van der Waals surface area contributed by atoms with Crippen molar-refractivity contribution in [3.63, 3.8) is 0 Å². The molecular formula is C20H26N4O4. The number of nitrogens with zero attached hydrogens (tertiary/aromatic N) is 3. The molecule has 0 bridgehead atoms. The number of aliphatic hydroxyl groups is 1. The first-order valence-corrected chi connectivity index (χ1v) is 9.35. The molecule has 2 amide bonds. The number of fused-ring (bicyclic) bond motifs is 1. The highest BCUT2D eigenvalue weighted by molar-refractivity contribution is 5.98. The van der Waals surface area contributed by atoms with Gasteiger partial charge in [0, 0.05) is 31.8 Å².